The van der Waals surface area contributed by atoms with Crippen LogP contribution in [0.15, 0.2) is 60.7 Å². The molecule has 0 atom stereocenters. The summed E-state index contributed by atoms with van der Waals surface area (Å²) in [6.07, 6.45) is 0.900. The highest BCUT2D eigenvalue weighted by atomic mass is 35.5. The molecule has 0 unspecified atom stereocenters. The van der Waals surface area contributed by atoms with Gasteiger partial charge in [-0.15, -0.1) is 0 Å². The minimum Gasteiger partial charge on any atom is -0.497 e. The SMILES string of the molecule is COc1ccc(CCNCc2cc(OC)c(OCc3ccc(F)cc3)cc2Cl)cc1. The van der Waals surface area contributed by atoms with Crippen LogP contribution in [-0.4, -0.2) is 20.8 Å². The lowest BCUT2D eigenvalue weighted by Crippen LogP contribution is -2.17. The molecule has 1 N–H and O–H groups in total. The van der Waals surface area contributed by atoms with Crippen molar-refractivity contribution in [1.29, 1.82) is 0 Å². The van der Waals surface area contributed by atoms with Crippen molar-refractivity contribution in [1.82, 2.24) is 5.32 Å². The number of benzene rings is 3. The van der Waals surface area contributed by atoms with Crippen molar-refractivity contribution in [2.24, 2.45) is 0 Å². The van der Waals surface area contributed by atoms with E-state index in [1.807, 2.05) is 18.2 Å². The third-order valence-electron chi connectivity index (χ3n) is 4.71. The van der Waals surface area contributed by atoms with Gasteiger partial charge in [0.05, 0.1) is 14.2 Å². The molecule has 0 amide bonds. The maximum absolute atomic E-state index is 13.0. The van der Waals surface area contributed by atoms with Crippen LogP contribution in [0, 0.1) is 5.82 Å². The Balaban J connectivity index is 1.55. The Labute approximate surface area is 181 Å². The average Bonchev–Trinajstić information content (AvgIpc) is 2.77. The molecule has 3 rings (SSSR count). The van der Waals surface area contributed by atoms with Crippen LogP contribution in [0.1, 0.15) is 16.7 Å². The molecule has 3 aromatic carbocycles. The van der Waals surface area contributed by atoms with E-state index in [1.165, 1.54) is 17.7 Å². The fourth-order valence-electron chi connectivity index (χ4n) is 2.97. The monoisotopic (exact) mass is 429 g/mol. The van der Waals surface area contributed by atoms with Crippen LogP contribution in [0.4, 0.5) is 4.39 Å². The summed E-state index contributed by atoms with van der Waals surface area (Å²) in [5, 5.41) is 4.00. The predicted octanol–water partition coefficient (Wildman–Crippen LogP) is 5.41. The Kier molecular flexibility index (Phi) is 7.94. The smallest absolute Gasteiger partial charge is 0.163 e. The van der Waals surface area contributed by atoms with Gasteiger partial charge >= 0.3 is 0 Å². The molecule has 0 aliphatic rings. The lowest BCUT2D eigenvalue weighted by Gasteiger charge is -2.14. The predicted molar refractivity (Wildman–Crippen MR) is 117 cm³/mol. The molecule has 3 aromatic rings. The maximum Gasteiger partial charge on any atom is 0.163 e. The first kappa shape index (κ1) is 21.9. The Hall–Kier alpha value is -2.76. The number of hydrogen-bond donors (Lipinski definition) is 1. The molecule has 30 heavy (non-hydrogen) atoms. The molecule has 0 saturated carbocycles. The first-order valence-electron chi connectivity index (χ1n) is 9.66. The van der Waals surface area contributed by atoms with Crippen molar-refractivity contribution in [2.75, 3.05) is 20.8 Å². The van der Waals surface area contributed by atoms with Crippen molar-refractivity contribution in [3.8, 4) is 17.2 Å². The van der Waals surface area contributed by atoms with Crippen LogP contribution in [0.3, 0.4) is 0 Å². The van der Waals surface area contributed by atoms with Gasteiger partial charge in [-0.05, 0) is 60.0 Å². The van der Waals surface area contributed by atoms with Gasteiger partial charge in [-0.2, -0.15) is 0 Å². The Morgan fingerprint density at radius 3 is 2.23 bits per heavy atom. The second kappa shape index (κ2) is 10.9. The fraction of sp³-hybridized carbons (Fsp3) is 0.250. The van der Waals surface area contributed by atoms with Crippen molar-refractivity contribution in [3.63, 3.8) is 0 Å². The highest BCUT2D eigenvalue weighted by Gasteiger charge is 2.11. The summed E-state index contributed by atoms with van der Waals surface area (Å²) >= 11 is 6.45. The molecule has 4 nitrogen and oxygen atoms in total. The van der Waals surface area contributed by atoms with Crippen molar-refractivity contribution >= 4 is 11.6 Å². The first-order valence-corrected chi connectivity index (χ1v) is 10.0. The van der Waals surface area contributed by atoms with Gasteiger partial charge in [0.1, 0.15) is 18.2 Å². The second-order valence-electron chi connectivity index (χ2n) is 6.78. The van der Waals surface area contributed by atoms with Gasteiger partial charge in [0.25, 0.3) is 0 Å². The zero-order valence-corrected chi connectivity index (χ0v) is 17.8. The van der Waals surface area contributed by atoms with E-state index in [4.69, 9.17) is 25.8 Å². The Morgan fingerprint density at radius 1 is 0.867 bits per heavy atom. The van der Waals surface area contributed by atoms with Gasteiger partial charge in [-0.3, -0.25) is 0 Å². The standard InChI is InChI=1S/C24H25ClFNO3/c1-28-21-9-5-17(6-10-21)11-12-27-15-19-13-23(29-2)24(14-22(19)25)30-16-18-3-7-20(26)8-4-18/h3-10,13-14,27H,11-12,15-16H2,1-2H3. The molecule has 0 fully saturated rings. The summed E-state index contributed by atoms with van der Waals surface area (Å²) in [4.78, 5) is 0. The van der Waals surface area contributed by atoms with Gasteiger partial charge in [-0.25, -0.2) is 4.39 Å². The van der Waals surface area contributed by atoms with Crippen LogP contribution in [0.5, 0.6) is 17.2 Å². The van der Waals surface area contributed by atoms with Crippen LogP contribution in [0.2, 0.25) is 5.02 Å². The minimum atomic E-state index is -0.275. The molecule has 0 radical (unpaired) electrons. The van der Waals surface area contributed by atoms with Gasteiger partial charge in [-0.1, -0.05) is 35.9 Å². The zero-order chi connectivity index (χ0) is 21.3. The summed E-state index contributed by atoms with van der Waals surface area (Å²) in [5.74, 6) is 1.73. The van der Waals surface area contributed by atoms with E-state index in [9.17, 15) is 4.39 Å². The van der Waals surface area contributed by atoms with E-state index >= 15 is 0 Å². The van der Waals surface area contributed by atoms with E-state index in [0.29, 0.717) is 29.7 Å². The average molecular weight is 430 g/mol. The first-order chi connectivity index (χ1) is 14.6. The lowest BCUT2D eigenvalue weighted by molar-refractivity contribution is 0.284. The van der Waals surface area contributed by atoms with Crippen molar-refractivity contribution < 1.29 is 18.6 Å². The summed E-state index contributed by atoms with van der Waals surface area (Å²) in [6.45, 7) is 1.73. The van der Waals surface area contributed by atoms with Gasteiger partial charge in [0.2, 0.25) is 0 Å². The molecule has 0 bridgehead atoms. The molecule has 0 aromatic heterocycles. The molecule has 6 heteroatoms. The summed E-state index contributed by atoms with van der Waals surface area (Å²) in [7, 11) is 3.25. The Bertz CT molecular complexity index is 946. The summed E-state index contributed by atoms with van der Waals surface area (Å²) < 4.78 is 29.5. The molecule has 0 aliphatic carbocycles. The summed E-state index contributed by atoms with van der Waals surface area (Å²) in [6, 6.07) is 17.9. The largest absolute Gasteiger partial charge is 0.497 e. The topological polar surface area (TPSA) is 39.7 Å². The van der Waals surface area contributed by atoms with Crippen LogP contribution in [0.25, 0.3) is 0 Å². The van der Waals surface area contributed by atoms with Gasteiger partial charge in [0, 0.05) is 17.6 Å². The number of rotatable bonds is 10. The third kappa shape index (κ3) is 6.12. The van der Waals surface area contributed by atoms with Gasteiger partial charge in [0.15, 0.2) is 11.5 Å². The van der Waals surface area contributed by atoms with Crippen LogP contribution >= 0.6 is 11.6 Å². The molecule has 0 spiro atoms. The van der Waals surface area contributed by atoms with Crippen LogP contribution in [-0.2, 0) is 19.6 Å². The Morgan fingerprint density at radius 2 is 1.57 bits per heavy atom. The van der Waals surface area contributed by atoms with Crippen molar-refractivity contribution in [3.05, 3.63) is 88.2 Å². The number of methoxy groups -OCH3 is 2. The van der Waals surface area contributed by atoms with E-state index in [2.05, 4.69) is 17.4 Å². The zero-order valence-electron chi connectivity index (χ0n) is 17.1. The van der Waals surface area contributed by atoms with E-state index in [-0.39, 0.29) is 5.82 Å². The molecular formula is C24H25ClFNO3. The molecule has 0 heterocycles. The number of halogens is 2. The molecule has 0 aliphatic heterocycles. The molecule has 0 saturated heterocycles. The normalized spacial score (nSPS) is 10.7. The number of nitrogens with one attached hydrogen (secondary N) is 1. The summed E-state index contributed by atoms with van der Waals surface area (Å²) in [5.41, 5.74) is 3.02. The molecule has 158 valence electrons. The quantitative estimate of drug-likeness (QED) is 0.437. The van der Waals surface area contributed by atoms with E-state index in [0.717, 1.165) is 29.8 Å². The highest BCUT2D eigenvalue weighted by molar-refractivity contribution is 6.31. The highest BCUT2D eigenvalue weighted by Crippen LogP contribution is 2.34. The van der Waals surface area contributed by atoms with E-state index in [1.54, 1.807) is 32.4 Å². The minimum absolute atomic E-state index is 0.275. The third-order valence-corrected chi connectivity index (χ3v) is 5.06. The van der Waals surface area contributed by atoms with Crippen LogP contribution < -0.4 is 19.5 Å². The maximum atomic E-state index is 13.0. The molecular weight excluding hydrogens is 405 g/mol. The van der Waals surface area contributed by atoms with Crippen molar-refractivity contribution in [2.45, 2.75) is 19.6 Å². The second-order valence-corrected chi connectivity index (χ2v) is 7.19. The lowest BCUT2D eigenvalue weighted by atomic mass is 10.1. The fourth-order valence-corrected chi connectivity index (χ4v) is 3.20. The number of ether oxygens (including phenoxy) is 3. The van der Waals surface area contributed by atoms with Gasteiger partial charge < -0.3 is 19.5 Å². The van der Waals surface area contributed by atoms with E-state index < -0.39 is 0 Å². The number of hydrogen-bond acceptors (Lipinski definition) is 4.